The second-order valence-electron chi connectivity index (χ2n) is 6.53. The van der Waals surface area contributed by atoms with Crippen molar-refractivity contribution in [2.45, 2.75) is 13.5 Å². The number of anilines is 3. The Balaban J connectivity index is 1.32. The summed E-state index contributed by atoms with van der Waals surface area (Å²) >= 11 is 1.35. The fraction of sp³-hybridized carbons (Fsp3) is 0.105. The van der Waals surface area contributed by atoms with Gasteiger partial charge < -0.3 is 15.2 Å². The Bertz CT molecular complexity index is 1280. The highest BCUT2D eigenvalue weighted by Gasteiger charge is 2.16. The average Bonchev–Trinajstić information content (AvgIpc) is 3.48. The molecule has 0 fully saturated rings. The van der Waals surface area contributed by atoms with E-state index in [0.29, 0.717) is 33.8 Å². The number of aliphatic imine (C=N–C) groups is 1. The minimum absolute atomic E-state index is 0.162. The van der Waals surface area contributed by atoms with Gasteiger partial charge in [-0.25, -0.2) is 4.98 Å². The van der Waals surface area contributed by atoms with E-state index in [2.05, 4.69) is 40.9 Å². The van der Waals surface area contributed by atoms with Crippen LogP contribution in [0.2, 0.25) is 0 Å². The SMILES string of the molecule is Cc1cnoc1C(=O)Nc1cncc(-c2nnc(Nc3cc4c(cn3)CN=C4)s2)c1. The molecule has 0 spiro atoms. The van der Waals surface area contributed by atoms with E-state index in [1.165, 1.54) is 17.5 Å². The van der Waals surface area contributed by atoms with Crippen LogP contribution in [-0.2, 0) is 6.54 Å². The molecule has 5 heterocycles. The van der Waals surface area contributed by atoms with Gasteiger partial charge in [0.25, 0.3) is 5.91 Å². The molecule has 0 aliphatic carbocycles. The van der Waals surface area contributed by atoms with E-state index in [1.807, 2.05) is 12.3 Å². The Morgan fingerprint density at radius 2 is 2.10 bits per heavy atom. The first-order valence-electron chi connectivity index (χ1n) is 8.93. The zero-order valence-electron chi connectivity index (χ0n) is 15.7. The molecule has 5 rings (SSSR count). The van der Waals surface area contributed by atoms with Gasteiger partial charge in [-0.05, 0) is 19.1 Å². The van der Waals surface area contributed by atoms with Crippen molar-refractivity contribution >= 4 is 40.1 Å². The van der Waals surface area contributed by atoms with Crippen LogP contribution >= 0.6 is 11.3 Å². The van der Waals surface area contributed by atoms with Gasteiger partial charge in [0.05, 0.1) is 24.6 Å². The van der Waals surface area contributed by atoms with Gasteiger partial charge in [-0.1, -0.05) is 16.5 Å². The number of hydrogen-bond donors (Lipinski definition) is 2. The van der Waals surface area contributed by atoms with Crippen LogP contribution in [-0.4, -0.2) is 37.4 Å². The first-order valence-corrected chi connectivity index (χ1v) is 9.75. The van der Waals surface area contributed by atoms with Crippen molar-refractivity contribution in [2.24, 2.45) is 4.99 Å². The van der Waals surface area contributed by atoms with E-state index in [0.717, 1.165) is 16.7 Å². The number of amides is 1. The Morgan fingerprint density at radius 3 is 2.97 bits per heavy atom. The number of hydrogen-bond acceptors (Lipinski definition) is 10. The predicted octanol–water partition coefficient (Wildman–Crippen LogP) is 3.22. The molecule has 10 nitrogen and oxygen atoms in total. The summed E-state index contributed by atoms with van der Waals surface area (Å²) in [6.07, 6.45) is 8.33. The van der Waals surface area contributed by atoms with Crippen LogP contribution in [0.3, 0.4) is 0 Å². The van der Waals surface area contributed by atoms with E-state index in [1.54, 1.807) is 31.6 Å². The van der Waals surface area contributed by atoms with Gasteiger partial charge in [0.2, 0.25) is 10.9 Å². The lowest BCUT2D eigenvalue weighted by atomic mass is 10.2. The third-order valence-electron chi connectivity index (χ3n) is 4.37. The lowest BCUT2D eigenvalue weighted by Gasteiger charge is -2.04. The largest absolute Gasteiger partial charge is 0.351 e. The van der Waals surface area contributed by atoms with Crippen molar-refractivity contribution in [1.82, 2.24) is 25.3 Å². The number of aryl methyl sites for hydroxylation is 1. The topological polar surface area (TPSA) is 131 Å². The fourth-order valence-electron chi connectivity index (χ4n) is 2.88. The highest BCUT2D eigenvalue weighted by atomic mass is 32.1. The van der Waals surface area contributed by atoms with Crippen molar-refractivity contribution in [3.8, 4) is 10.6 Å². The van der Waals surface area contributed by atoms with Crippen LogP contribution in [0.25, 0.3) is 10.6 Å². The highest BCUT2D eigenvalue weighted by Crippen LogP contribution is 2.29. The normalized spacial score (nSPS) is 12.0. The van der Waals surface area contributed by atoms with Gasteiger partial charge in [0, 0.05) is 40.9 Å². The summed E-state index contributed by atoms with van der Waals surface area (Å²) in [5, 5.41) is 19.2. The van der Waals surface area contributed by atoms with Crippen LogP contribution in [0.15, 0.2) is 46.4 Å². The van der Waals surface area contributed by atoms with Crippen LogP contribution in [0.4, 0.5) is 16.6 Å². The molecule has 0 saturated carbocycles. The second kappa shape index (κ2) is 7.44. The number of aromatic nitrogens is 5. The number of carbonyl (C=O) groups excluding carboxylic acids is 1. The summed E-state index contributed by atoms with van der Waals surface area (Å²) < 4.78 is 4.98. The van der Waals surface area contributed by atoms with E-state index in [-0.39, 0.29) is 5.76 Å². The minimum Gasteiger partial charge on any atom is -0.351 e. The first-order chi connectivity index (χ1) is 14.7. The van der Waals surface area contributed by atoms with Gasteiger partial charge in [0.15, 0.2) is 5.01 Å². The molecule has 0 aromatic carbocycles. The number of carbonyl (C=O) groups is 1. The molecule has 1 amide bonds. The molecule has 30 heavy (non-hydrogen) atoms. The van der Waals surface area contributed by atoms with E-state index < -0.39 is 5.91 Å². The quantitative estimate of drug-likeness (QED) is 0.505. The monoisotopic (exact) mass is 418 g/mol. The average molecular weight is 418 g/mol. The summed E-state index contributed by atoms with van der Waals surface area (Å²) in [7, 11) is 0. The zero-order valence-corrected chi connectivity index (χ0v) is 16.5. The van der Waals surface area contributed by atoms with Crippen molar-refractivity contribution in [1.29, 1.82) is 0 Å². The van der Waals surface area contributed by atoms with Gasteiger partial charge in [-0.2, -0.15) is 0 Å². The van der Waals surface area contributed by atoms with E-state index in [4.69, 9.17) is 4.52 Å². The van der Waals surface area contributed by atoms with Crippen molar-refractivity contribution in [2.75, 3.05) is 10.6 Å². The number of nitrogens with zero attached hydrogens (tertiary/aromatic N) is 6. The molecule has 0 atom stereocenters. The van der Waals surface area contributed by atoms with Gasteiger partial charge >= 0.3 is 0 Å². The Labute approximate surface area is 174 Å². The van der Waals surface area contributed by atoms with Crippen molar-refractivity contribution in [3.63, 3.8) is 0 Å². The summed E-state index contributed by atoms with van der Waals surface area (Å²) in [6, 6.07) is 3.70. The fourth-order valence-corrected chi connectivity index (χ4v) is 3.62. The Kier molecular flexibility index (Phi) is 4.48. The summed E-state index contributed by atoms with van der Waals surface area (Å²) in [6.45, 7) is 2.42. The molecule has 0 saturated heterocycles. The second-order valence-corrected chi connectivity index (χ2v) is 7.51. The lowest BCUT2D eigenvalue weighted by molar-refractivity contribution is 0.0987. The van der Waals surface area contributed by atoms with Gasteiger partial charge in [-0.15, -0.1) is 10.2 Å². The van der Waals surface area contributed by atoms with E-state index >= 15 is 0 Å². The molecule has 0 radical (unpaired) electrons. The first kappa shape index (κ1) is 18.1. The number of rotatable bonds is 5. The summed E-state index contributed by atoms with van der Waals surface area (Å²) in [5.41, 5.74) is 4.04. The molecular weight excluding hydrogens is 404 g/mol. The highest BCUT2D eigenvalue weighted by molar-refractivity contribution is 7.18. The van der Waals surface area contributed by atoms with E-state index in [9.17, 15) is 4.79 Å². The third-order valence-corrected chi connectivity index (χ3v) is 5.26. The molecular formula is C19H14N8O2S. The molecule has 11 heteroatoms. The van der Waals surface area contributed by atoms with Gasteiger partial charge in [0.1, 0.15) is 5.82 Å². The Hall–Kier alpha value is -3.99. The molecule has 4 aromatic rings. The maximum absolute atomic E-state index is 12.3. The molecule has 148 valence electrons. The lowest BCUT2D eigenvalue weighted by Crippen LogP contribution is -2.12. The number of nitrogens with one attached hydrogen (secondary N) is 2. The third kappa shape index (κ3) is 3.53. The predicted molar refractivity (Wildman–Crippen MR) is 111 cm³/mol. The van der Waals surface area contributed by atoms with Crippen LogP contribution in [0.1, 0.15) is 27.2 Å². The van der Waals surface area contributed by atoms with Crippen LogP contribution < -0.4 is 10.6 Å². The van der Waals surface area contributed by atoms with Crippen LogP contribution in [0.5, 0.6) is 0 Å². The molecule has 0 bridgehead atoms. The summed E-state index contributed by atoms with van der Waals surface area (Å²) in [5.74, 6) is 0.441. The Morgan fingerprint density at radius 1 is 1.17 bits per heavy atom. The standard InChI is InChI=1S/C19H14N8O2S/c1-10-4-23-29-16(10)17(28)24-14-2-12(6-21-9-14)18-26-27-19(30-18)25-15-3-11-5-20-7-13(11)8-22-15/h2-6,8-9H,7H2,1H3,(H,24,28)(H,22,25,27). The minimum atomic E-state index is -0.394. The molecule has 2 N–H and O–H groups in total. The van der Waals surface area contributed by atoms with Crippen LogP contribution in [0, 0.1) is 6.92 Å². The zero-order chi connectivity index (χ0) is 20.5. The maximum atomic E-state index is 12.3. The van der Waals surface area contributed by atoms with Crippen molar-refractivity contribution in [3.05, 3.63) is 59.4 Å². The number of fused-ring (bicyclic) bond motifs is 1. The van der Waals surface area contributed by atoms with Crippen molar-refractivity contribution < 1.29 is 9.32 Å². The molecule has 1 aliphatic rings. The molecule has 0 unspecified atom stereocenters. The molecule has 1 aliphatic heterocycles. The summed E-state index contributed by atoms with van der Waals surface area (Å²) in [4.78, 5) is 25.1. The smallest absolute Gasteiger partial charge is 0.294 e. The molecule has 4 aromatic heterocycles. The number of pyridine rings is 2. The maximum Gasteiger partial charge on any atom is 0.294 e. The van der Waals surface area contributed by atoms with Gasteiger partial charge in [-0.3, -0.25) is 14.8 Å².